The second kappa shape index (κ2) is 6.57. The van der Waals surface area contributed by atoms with E-state index in [1.54, 1.807) is 11.0 Å². The Morgan fingerprint density at radius 3 is 2.65 bits per heavy atom. The van der Waals surface area contributed by atoms with Crippen LogP contribution in [0.3, 0.4) is 0 Å². The molecule has 0 aliphatic heterocycles. The van der Waals surface area contributed by atoms with E-state index in [4.69, 9.17) is 10.5 Å². The lowest BCUT2D eigenvalue weighted by Gasteiger charge is -2.58. The van der Waals surface area contributed by atoms with E-state index in [-0.39, 0.29) is 17.8 Å². The molecule has 2 rings (SSSR count). The van der Waals surface area contributed by atoms with Crippen LogP contribution < -0.4 is 5.73 Å². The zero-order valence-corrected chi connectivity index (χ0v) is 14.4. The SMILES string of the molecule is CCOC1CC(N)(C(=O)N(CC)Cc2cccc(F)c2)C1(C)C. The molecule has 1 fully saturated rings. The van der Waals surface area contributed by atoms with Crippen molar-refractivity contribution in [1.82, 2.24) is 4.90 Å². The molecule has 0 spiro atoms. The molecule has 1 saturated carbocycles. The third-order valence-corrected chi connectivity index (χ3v) is 5.14. The molecule has 2 N–H and O–H groups in total. The van der Waals surface area contributed by atoms with Crippen molar-refractivity contribution in [3.63, 3.8) is 0 Å². The van der Waals surface area contributed by atoms with Crippen molar-refractivity contribution in [2.45, 2.75) is 52.3 Å². The van der Waals surface area contributed by atoms with Crippen LogP contribution >= 0.6 is 0 Å². The highest BCUT2D eigenvalue weighted by Crippen LogP contribution is 2.50. The third-order valence-electron chi connectivity index (χ3n) is 5.14. The largest absolute Gasteiger partial charge is 0.378 e. The number of amides is 1. The highest BCUT2D eigenvalue weighted by Gasteiger charge is 2.63. The first kappa shape index (κ1) is 17.9. The maximum atomic E-state index is 13.3. The van der Waals surface area contributed by atoms with Gasteiger partial charge in [0.2, 0.25) is 5.91 Å². The Labute approximate surface area is 137 Å². The predicted octanol–water partition coefficient (Wildman–Crippen LogP) is 2.71. The molecular formula is C18H27FN2O2. The van der Waals surface area contributed by atoms with Crippen LogP contribution in [0.15, 0.2) is 24.3 Å². The number of carbonyl (C=O) groups excluding carboxylic acids is 1. The Morgan fingerprint density at radius 1 is 1.43 bits per heavy atom. The minimum absolute atomic E-state index is 0.00525. The molecule has 2 atom stereocenters. The van der Waals surface area contributed by atoms with Crippen molar-refractivity contribution < 1.29 is 13.9 Å². The molecule has 0 heterocycles. The number of hydrogen-bond acceptors (Lipinski definition) is 3. The number of ether oxygens (including phenoxy) is 1. The van der Waals surface area contributed by atoms with Crippen LogP contribution in [0.1, 0.15) is 39.7 Å². The standard InChI is InChI=1S/C18H27FN2O2/c1-5-21(12-13-8-7-9-14(19)10-13)16(22)18(20)11-15(23-6-2)17(18,3)4/h7-10,15H,5-6,11-12,20H2,1-4H3. The molecule has 23 heavy (non-hydrogen) atoms. The monoisotopic (exact) mass is 322 g/mol. The first-order valence-electron chi connectivity index (χ1n) is 8.20. The van der Waals surface area contributed by atoms with Crippen LogP contribution in [0.4, 0.5) is 4.39 Å². The van der Waals surface area contributed by atoms with E-state index >= 15 is 0 Å². The highest BCUT2D eigenvalue weighted by atomic mass is 19.1. The van der Waals surface area contributed by atoms with Gasteiger partial charge in [-0.25, -0.2) is 4.39 Å². The van der Waals surface area contributed by atoms with Gasteiger partial charge in [0.1, 0.15) is 11.4 Å². The number of benzene rings is 1. The normalized spacial score (nSPS) is 25.7. The van der Waals surface area contributed by atoms with Gasteiger partial charge in [-0.1, -0.05) is 26.0 Å². The number of nitrogens with zero attached hydrogens (tertiary/aromatic N) is 1. The van der Waals surface area contributed by atoms with Crippen molar-refractivity contribution in [3.05, 3.63) is 35.6 Å². The average Bonchev–Trinajstić information content (AvgIpc) is 2.51. The molecule has 1 aliphatic carbocycles. The van der Waals surface area contributed by atoms with Crippen molar-refractivity contribution in [3.8, 4) is 0 Å². The van der Waals surface area contributed by atoms with Crippen molar-refractivity contribution in [2.24, 2.45) is 11.1 Å². The quantitative estimate of drug-likeness (QED) is 0.876. The van der Waals surface area contributed by atoms with E-state index < -0.39 is 11.0 Å². The number of nitrogens with two attached hydrogens (primary N) is 1. The van der Waals surface area contributed by atoms with Gasteiger partial charge in [-0.15, -0.1) is 0 Å². The summed E-state index contributed by atoms with van der Waals surface area (Å²) in [5.74, 6) is -0.390. The Hall–Kier alpha value is -1.46. The summed E-state index contributed by atoms with van der Waals surface area (Å²) in [6.07, 6.45) is 0.515. The molecule has 1 amide bonds. The smallest absolute Gasteiger partial charge is 0.243 e. The van der Waals surface area contributed by atoms with E-state index in [1.165, 1.54) is 12.1 Å². The summed E-state index contributed by atoms with van der Waals surface area (Å²) in [6, 6.07) is 6.32. The maximum absolute atomic E-state index is 13.3. The van der Waals surface area contributed by atoms with Gasteiger partial charge in [-0.3, -0.25) is 4.79 Å². The Kier molecular flexibility index (Phi) is 5.11. The average molecular weight is 322 g/mol. The Morgan fingerprint density at radius 2 is 2.13 bits per heavy atom. The highest BCUT2D eigenvalue weighted by molar-refractivity contribution is 5.88. The number of hydrogen-bond donors (Lipinski definition) is 1. The van der Waals surface area contributed by atoms with Gasteiger partial charge in [0.05, 0.1) is 6.10 Å². The van der Waals surface area contributed by atoms with Gasteiger partial charge in [-0.05, 0) is 31.5 Å². The van der Waals surface area contributed by atoms with Crippen molar-refractivity contribution >= 4 is 5.91 Å². The molecule has 1 aliphatic rings. The number of likely N-dealkylation sites (N-methyl/N-ethyl adjacent to an activating group) is 1. The van der Waals surface area contributed by atoms with Crippen LogP contribution in [-0.4, -0.2) is 35.6 Å². The first-order chi connectivity index (χ1) is 10.8. The fraction of sp³-hybridized carbons (Fsp3) is 0.611. The first-order valence-corrected chi connectivity index (χ1v) is 8.20. The zero-order chi connectivity index (χ0) is 17.3. The van der Waals surface area contributed by atoms with Crippen LogP contribution in [0.2, 0.25) is 0 Å². The van der Waals surface area contributed by atoms with E-state index in [2.05, 4.69) is 0 Å². The van der Waals surface area contributed by atoms with Crippen LogP contribution in [0.5, 0.6) is 0 Å². The van der Waals surface area contributed by atoms with E-state index in [0.717, 1.165) is 5.56 Å². The summed E-state index contributed by atoms with van der Waals surface area (Å²) in [5.41, 5.74) is 5.87. The topological polar surface area (TPSA) is 55.6 Å². The predicted molar refractivity (Wildman–Crippen MR) is 88.2 cm³/mol. The third kappa shape index (κ3) is 3.12. The summed E-state index contributed by atoms with van der Waals surface area (Å²) in [4.78, 5) is 14.7. The van der Waals surface area contributed by atoms with Crippen molar-refractivity contribution in [1.29, 1.82) is 0 Å². The molecule has 5 heteroatoms. The van der Waals surface area contributed by atoms with Gasteiger partial charge >= 0.3 is 0 Å². The van der Waals surface area contributed by atoms with Crippen LogP contribution in [0.25, 0.3) is 0 Å². The number of carbonyl (C=O) groups is 1. The molecule has 128 valence electrons. The molecule has 0 saturated heterocycles. The molecule has 0 bridgehead atoms. The second-order valence-electron chi connectivity index (χ2n) is 6.79. The maximum Gasteiger partial charge on any atom is 0.243 e. The van der Waals surface area contributed by atoms with Gasteiger partial charge in [0.25, 0.3) is 0 Å². The van der Waals surface area contributed by atoms with Gasteiger partial charge in [0.15, 0.2) is 0 Å². The molecule has 2 unspecified atom stereocenters. The van der Waals surface area contributed by atoms with Gasteiger partial charge < -0.3 is 15.4 Å². The van der Waals surface area contributed by atoms with E-state index in [1.807, 2.05) is 33.8 Å². The molecule has 1 aromatic carbocycles. The zero-order valence-electron chi connectivity index (χ0n) is 14.4. The fourth-order valence-corrected chi connectivity index (χ4v) is 3.26. The summed E-state index contributed by atoms with van der Waals surface area (Å²) >= 11 is 0. The second-order valence-corrected chi connectivity index (χ2v) is 6.79. The lowest BCUT2D eigenvalue weighted by atomic mass is 9.54. The lowest BCUT2D eigenvalue weighted by molar-refractivity contribution is -0.179. The summed E-state index contributed by atoms with van der Waals surface area (Å²) in [5, 5.41) is 0. The molecule has 1 aromatic rings. The Bertz CT molecular complexity index is 576. The van der Waals surface area contributed by atoms with Crippen LogP contribution in [-0.2, 0) is 16.1 Å². The minimum Gasteiger partial charge on any atom is -0.378 e. The van der Waals surface area contributed by atoms with Crippen molar-refractivity contribution in [2.75, 3.05) is 13.2 Å². The summed E-state index contributed by atoms with van der Waals surface area (Å²) < 4.78 is 19.0. The lowest BCUT2D eigenvalue weighted by Crippen LogP contribution is -2.76. The minimum atomic E-state index is -0.934. The van der Waals surface area contributed by atoms with E-state index in [0.29, 0.717) is 26.1 Å². The fourth-order valence-electron chi connectivity index (χ4n) is 3.26. The van der Waals surface area contributed by atoms with Gasteiger partial charge in [-0.2, -0.15) is 0 Å². The molecule has 0 radical (unpaired) electrons. The number of rotatable bonds is 6. The molecule has 0 aromatic heterocycles. The molecular weight excluding hydrogens is 295 g/mol. The summed E-state index contributed by atoms with van der Waals surface area (Å²) in [7, 11) is 0. The summed E-state index contributed by atoms with van der Waals surface area (Å²) in [6.45, 7) is 9.31. The van der Waals surface area contributed by atoms with Gasteiger partial charge in [0, 0.05) is 31.5 Å². The molecule has 4 nitrogen and oxygen atoms in total. The number of halogens is 1. The van der Waals surface area contributed by atoms with E-state index in [9.17, 15) is 9.18 Å². The Balaban J connectivity index is 2.14. The van der Waals surface area contributed by atoms with Crippen LogP contribution in [0, 0.1) is 11.2 Å².